The first-order valence-corrected chi connectivity index (χ1v) is 9.59. The van der Waals surface area contributed by atoms with E-state index >= 15 is 0 Å². The number of nitrogens with two attached hydrogens (primary N) is 1. The highest BCUT2D eigenvalue weighted by Gasteiger charge is 2.32. The summed E-state index contributed by atoms with van der Waals surface area (Å²) in [7, 11) is 0. The number of fused-ring (bicyclic) bond motifs is 1. The molecule has 1 aliphatic carbocycles. The fourth-order valence-corrected chi connectivity index (χ4v) is 4.28. The van der Waals surface area contributed by atoms with E-state index in [4.69, 9.17) is 5.73 Å². The van der Waals surface area contributed by atoms with E-state index in [0.717, 1.165) is 43.5 Å². The molecule has 0 spiro atoms. The number of pyridine rings is 1. The van der Waals surface area contributed by atoms with Gasteiger partial charge in [0.25, 0.3) is 0 Å². The lowest BCUT2D eigenvalue weighted by Gasteiger charge is -2.25. The summed E-state index contributed by atoms with van der Waals surface area (Å²) < 4.78 is 16.4. The smallest absolute Gasteiger partial charge is 0.228 e. The second-order valence-electron chi connectivity index (χ2n) is 8.67. The number of aromatic nitrogens is 3. The maximum absolute atomic E-state index is 14.5. The van der Waals surface area contributed by atoms with Crippen LogP contribution in [0.1, 0.15) is 45.2 Å². The molecule has 1 aliphatic heterocycles. The number of halogens is 1. The molecule has 4 rings (SSSR count). The number of nitrogens with one attached hydrogen (secondary N) is 1. The van der Waals surface area contributed by atoms with Crippen LogP contribution < -0.4 is 11.1 Å². The minimum absolute atomic E-state index is 0.0737. The Bertz CT molecular complexity index is 875. The first-order chi connectivity index (χ1) is 12.8. The SMILES string of the molecule is CC1(C)Cc2c(-c3cc(NC(=O)[C@H]4CCC[C@@H](N)C4)ncc3F)cnn2C1. The summed E-state index contributed by atoms with van der Waals surface area (Å²) in [5, 5.41) is 7.26. The quantitative estimate of drug-likeness (QED) is 0.868. The van der Waals surface area contributed by atoms with Crippen molar-refractivity contribution >= 4 is 11.7 Å². The number of rotatable bonds is 3. The van der Waals surface area contributed by atoms with Crippen LogP contribution in [-0.4, -0.2) is 26.7 Å². The Balaban J connectivity index is 1.57. The minimum Gasteiger partial charge on any atom is -0.328 e. The van der Waals surface area contributed by atoms with Crippen LogP contribution >= 0.6 is 0 Å². The molecule has 144 valence electrons. The van der Waals surface area contributed by atoms with Gasteiger partial charge in [-0.25, -0.2) is 9.37 Å². The van der Waals surface area contributed by atoms with E-state index in [2.05, 4.69) is 29.2 Å². The summed E-state index contributed by atoms with van der Waals surface area (Å²) in [6.07, 6.45) is 7.15. The topological polar surface area (TPSA) is 85.8 Å². The Morgan fingerprint density at radius 1 is 1.33 bits per heavy atom. The summed E-state index contributed by atoms with van der Waals surface area (Å²) in [4.78, 5) is 16.6. The van der Waals surface area contributed by atoms with Crippen molar-refractivity contribution < 1.29 is 9.18 Å². The number of nitrogens with zero attached hydrogens (tertiary/aromatic N) is 3. The monoisotopic (exact) mass is 371 g/mol. The van der Waals surface area contributed by atoms with Crippen molar-refractivity contribution in [2.75, 3.05) is 5.32 Å². The molecule has 2 aliphatic rings. The van der Waals surface area contributed by atoms with Crippen molar-refractivity contribution in [2.24, 2.45) is 17.1 Å². The van der Waals surface area contributed by atoms with Crippen molar-refractivity contribution in [3.8, 4) is 11.1 Å². The molecule has 27 heavy (non-hydrogen) atoms. The number of hydrogen-bond donors (Lipinski definition) is 2. The van der Waals surface area contributed by atoms with E-state index in [1.807, 2.05) is 4.68 Å². The number of anilines is 1. The van der Waals surface area contributed by atoms with Crippen LogP contribution in [-0.2, 0) is 17.8 Å². The van der Waals surface area contributed by atoms with Crippen LogP contribution in [0.25, 0.3) is 11.1 Å². The van der Waals surface area contributed by atoms with Gasteiger partial charge in [0, 0.05) is 35.3 Å². The highest BCUT2D eigenvalue weighted by atomic mass is 19.1. The maximum Gasteiger partial charge on any atom is 0.228 e. The van der Waals surface area contributed by atoms with Gasteiger partial charge in [0.1, 0.15) is 11.6 Å². The van der Waals surface area contributed by atoms with Crippen LogP contribution in [0, 0.1) is 17.2 Å². The molecule has 0 saturated heterocycles. The molecule has 1 saturated carbocycles. The maximum atomic E-state index is 14.5. The zero-order chi connectivity index (χ0) is 19.2. The number of amides is 1. The second kappa shape index (κ2) is 6.71. The molecule has 2 aromatic heterocycles. The number of carbonyl (C=O) groups is 1. The molecule has 2 atom stereocenters. The third kappa shape index (κ3) is 3.60. The molecule has 1 fully saturated rings. The molecule has 0 aromatic carbocycles. The van der Waals surface area contributed by atoms with E-state index in [1.54, 1.807) is 12.3 Å². The van der Waals surface area contributed by atoms with Gasteiger partial charge >= 0.3 is 0 Å². The highest BCUT2D eigenvalue weighted by molar-refractivity contribution is 5.92. The molecule has 3 heterocycles. The van der Waals surface area contributed by atoms with Gasteiger partial charge in [0.2, 0.25) is 5.91 Å². The standard InChI is InChI=1S/C20H26FN5O/c1-20(2)8-17-15(9-24-26(17)11-20)14-7-18(23-10-16(14)21)25-19(27)12-4-3-5-13(22)6-12/h7,9-10,12-13H,3-6,8,11,22H2,1-2H3,(H,23,25,27)/t12-,13+/m0/s1. The van der Waals surface area contributed by atoms with Crippen LogP contribution in [0.4, 0.5) is 10.2 Å². The Hall–Kier alpha value is -2.28. The van der Waals surface area contributed by atoms with Gasteiger partial charge in [-0.2, -0.15) is 5.10 Å². The minimum atomic E-state index is -0.409. The van der Waals surface area contributed by atoms with Crippen molar-refractivity contribution in [1.29, 1.82) is 0 Å². The van der Waals surface area contributed by atoms with E-state index in [9.17, 15) is 9.18 Å². The molecule has 3 N–H and O–H groups in total. The Morgan fingerprint density at radius 3 is 2.93 bits per heavy atom. The Morgan fingerprint density at radius 2 is 2.15 bits per heavy atom. The molecule has 2 aromatic rings. The average Bonchev–Trinajstić information content (AvgIpc) is 3.11. The molecule has 0 bridgehead atoms. The van der Waals surface area contributed by atoms with E-state index in [0.29, 0.717) is 17.8 Å². The summed E-state index contributed by atoms with van der Waals surface area (Å²) >= 11 is 0. The summed E-state index contributed by atoms with van der Waals surface area (Å²) in [5.41, 5.74) is 8.33. The molecule has 0 unspecified atom stereocenters. The number of carbonyl (C=O) groups excluding carboxylic acids is 1. The molecule has 1 amide bonds. The second-order valence-corrected chi connectivity index (χ2v) is 8.67. The first kappa shape index (κ1) is 18.1. The summed E-state index contributed by atoms with van der Waals surface area (Å²) in [5.74, 6) is -0.234. The molecule has 7 heteroatoms. The zero-order valence-corrected chi connectivity index (χ0v) is 15.8. The van der Waals surface area contributed by atoms with Gasteiger partial charge in [-0.05, 0) is 37.2 Å². The van der Waals surface area contributed by atoms with E-state index in [1.165, 1.54) is 6.20 Å². The van der Waals surface area contributed by atoms with Crippen LogP contribution in [0.5, 0.6) is 0 Å². The predicted molar refractivity (Wildman–Crippen MR) is 101 cm³/mol. The first-order valence-electron chi connectivity index (χ1n) is 9.59. The van der Waals surface area contributed by atoms with Gasteiger partial charge in [-0.15, -0.1) is 0 Å². The summed E-state index contributed by atoms with van der Waals surface area (Å²) in [6.45, 7) is 5.17. The van der Waals surface area contributed by atoms with Crippen molar-refractivity contribution in [3.05, 3.63) is 30.0 Å². The van der Waals surface area contributed by atoms with E-state index < -0.39 is 5.82 Å². The third-order valence-electron chi connectivity index (χ3n) is 5.65. The van der Waals surface area contributed by atoms with E-state index in [-0.39, 0.29) is 23.3 Å². The fourth-order valence-electron chi connectivity index (χ4n) is 4.28. The Kier molecular flexibility index (Phi) is 4.50. The average molecular weight is 371 g/mol. The third-order valence-corrected chi connectivity index (χ3v) is 5.65. The van der Waals surface area contributed by atoms with Crippen molar-refractivity contribution in [2.45, 2.75) is 58.5 Å². The molecular formula is C20H26FN5O. The van der Waals surface area contributed by atoms with Crippen LogP contribution in [0.2, 0.25) is 0 Å². The lowest BCUT2D eigenvalue weighted by molar-refractivity contribution is -0.120. The lowest BCUT2D eigenvalue weighted by atomic mass is 9.85. The molecule has 0 radical (unpaired) electrons. The largest absolute Gasteiger partial charge is 0.328 e. The predicted octanol–water partition coefficient (Wildman–Crippen LogP) is 3.12. The van der Waals surface area contributed by atoms with Gasteiger partial charge in [-0.1, -0.05) is 20.3 Å². The van der Waals surface area contributed by atoms with Crippen LogP contribution in [0.15, 0.2) is 18.5 Å². The highest BCUT2D eigenvalue weighted by Crippen LogP contribution is 2.38. The van der Waals surface area contributed by atoms with Gasteiger partial charge in [0.05, 0.1) is 12.4 Å². The fraction of sp³-hybridized carbons (Fsp3) is 0.550. The van der Waals surface area contributed by atoms with Crippen molar-refractivity contribution in [1.82, 2.24) is 14.8 Å². The zero-order valence-electron chi connectivity index (χ0n) is 15.8. The lowest BCUT2D eigenvalue weighted by Crippen LogP contribution is -2.34. The van der Waals surface area contributed by atoms with Gasteiger partial charge in [0.15, 0.2) is 0 Å². The van der Waals surface area contributed by atoms with Gasteiger partial charge in [-0.3, -0.25) is 9.48 Å². The van der Waals surface area contributed by atoms with Crippen molar-refractivity contribution in [3.63, 3.8) is 0 Å². The number of hydrogen-bond acceptors (Lipinski definition) is 4. The van der Waals surface area contributed by atoms with Gasteiger partial charge < -0.3 is 11.1 Å². The Labute approximate surface area is 158 Å². The molecule has 6 nitrogen and oxygen atoms in total. The van der Waals surface area contributed by atoms with Crippen LogP contribution in [0.3, 0.4) is 0 Å². The summed E-state index contributed by atoms with van der Waals surface area (Å²) in [6, 6.07) is 1.68. The normalized spacial score (nSPS) is 23.9. The molecular weight excluding hydrogens is 345 g/mol.